The second-order valence-corrected chi connectivity index (χ2v) is 6.76. The van der Waals surface area contributed by atoms with Crippen LogP contribution in [0.15, 0.2) is 30.5 Å². The highest BCUT2D eigenvalue weighted by Crippen LogP contribution is 2.35. The number of benzene rings is 2. The van der Waals surface area contributed by atoms with Crippen LogP contribution < -0.4 is 0 Å². The minimum absolute atomic E-state index is 0.167. The number of methoxy groups -OCH3 is 1. The predicted molar refractivity (Wildman–Crippen MR) is 105 cm³/mol. The normalized spacial score (nSPS) is 10.9. The minimum Gasteiger partial charge on any atom is -0.378 e. The molecule has 0 unspecified atom stereocenters. The van der Waals surface area contributed by atoms with Gasteiger partial charge in [-0.05, 0) is 30.7 Å². The Morgan fingerprint density at radius 2 is 1.81 bits per heavy atom. The van der Waals surface area contributed by atoms with E-state index in [1.807, 2.05) is 32.9 Å². The van der Waals surface area contributed by atoms with Crippen LogP contribution >= 0.6 is 11.3 Å². The van der Waals surface area contributed by atoms with Gasteiger partial charge in [0, 0.05) is 18.7 Å². The maximum atomic E-state index is 14.0. The van der Waals surface area contributed by atoms with Crippen molar-refractivity contribution in [3.05, 3.63) is 53.4 Å². The van der Waals surface area contributed by atoms with Gasteiger partial charge in [-0.2, -0.15) is 0 Å². The van der Waals surface area contributed by atoms with Crippen LogP contribution in [0, 0.1) is 18.6 Å². The molecule has 0 aliphatic carbocycles. The van der Waals surface area contributed by atoms with Crippen LogP contribution in [-0.2, 0) is 11.3 Å². The quantitative estimate of drug-likeness (QED) is 0.455. The van der Waals surface area contributed by atoms with Crippen molar-refractivity contribution in [2.45, 2.75) is 27.4 Å². The Labute approximate surface area is 159 Å². The van der Waals surface area contributed by atoms with Gasteiger partial charge in [0.1, 0.15) is 16.3 Å². The van der Waals surface area contributed by atoms with Crippen LogP contribution in [-0.4, -0.2) is 22.1 Å². The number of nitrogens with zero attached hydrogens (tertiary/aromatic N) is 3. The van der Waals surface area contributed by atoms with Crippen LogP contribution in [0.2, 0.25) is 0 Å². The molecule has 0 bridgehead atoms. The van der Waals surface area contributed by atoms with Gasteiger partial charge in [-0.1, -0.05) is 13.8 Å². The molecule has 0 aliphatic rings. The largest absolute Gasteiger partial charge is 0.378 e. The van der Waals surface area contributed by atoms with Crippen LogP contribution in [0.1, 0.15) is 25.1 Å². The number of rotatable bonds is 3. The number of fused-ring (bicyclic) bond motifs is 2. The van der Waals surface area contributed by atoms with Crippen molar-refractivity contribution in [3.63, 3.8) is 0 Å². The highest BCUT2D eigenvalue weighted by atomic mass is 32.1. The summed E-state index contributed by atoms with van der Waals surface area (Å²) in [7, 11) is 1.60. The van der Waals surface area contributed by atoms with Gasteiger partial charge in [-0.3, -0.25) is 4.98 Å². The first kappa shape index (κ1) is 19.3. The lowest BCUT2D eigenvalue weighted by Gasteiger charge is -2.06. The lowest BCUT2D eigenvalue weighted by atomic mass is 10.1. The van der Waals surface area contributed by atoms with Gasteiger partial charge in [0.15, 0.2) is 5.82 Å². The Hall–Kier alpha value is -2.51. The highest BCUT2D eigenvalue weighted by molar-refractivity contribution is 7.21. The second-order valence-electron chi connectivity index (χ2n) is 5.73. The topological polar surface area (TPSA) is 47.9 Å². The van der Waals surface area contributed by atoms with Crippen molar-refractivity contribution in [1.29, 1.82) is 0 Å². The summed E-state index contributed by atoms with van der Waals surface area (Å²) >= 11 is 1.23. The molecule has 0 saturated heterocycles. The molecule has 0 atom stereocenters. The van der Waals surface area contributed by atoms with E-state index in [9.17, 15) is 8.78 Å². The summed E-state index contributed by atoms with van der Waals surface area (Å²) in [4.78, 5) is 13.4. The Balaban J connectivity index is 0.00000102. The van der Waals surface area contributed by atoms with Crippen molar-refractivity contribution >= 4 is 32.6 Å². The molecule has 0 aliphatic heterocycles. The van der Waals surface area contributed by atoms with E-state index in [1.54, 1.807) is 13.3 Å². The molecule has 0 N–H and O–H groups in total. The van der Waals surface area contributed by atoms with Gasteiger partial charge in [0.25, 0.3) is 0 Å². The number of aryl methyl sites for hydroxylation is 1. The molecular formula is C20H19F2N3OS. The van der Waals surface area contributed by atoms with E-state index in [4.69, 9.17) is 4.74 Å². The number of ether oxygens (including phenoxy) is 1. The fraction of sp³-hybridized carbons (Fsp3) is 0.250. The van der Waals surface area contributed by atoms with Gasteiger partial charge in [-0.25, -0.2) is 18.7 Å². The van der Waals surface area contributed by atoms with Crippen molar-refractivity contribution in [2.75, 3.05) is 7.11 Å². The summed E-state index contributed by atoms with van der Waals surface area (Å²) in [6.07, 6.45) is 1.65. The highest BCUT2D eigenvalue weighted by Gasteiger charge is 2.15. The molecule has 4 aromatic rings. The van der Waals surface area contributed by atoms with E-state index < -0.39 is 11.6 Å². The first-order chi connectivity index (χ1) is 13.0. The first-order valence-electron chi connectivity index (χ1n) is 8.56. The third-order valence-electron chi connectivity index (χ3n) is 3.78. The summed E-state index contributed by atoms with van der Waals surface area (Å²) in [6, 6.07) is 5.99. The predicted octanol–water partition coefficient (Wildman–Crippen LogP) is 5.67. The molecular weight excluding hydrogens is 368 g/mol. The molecule has 7 heteroatoms. The molecule has 0 amide bonds. The summed E-state index contributed by atoms with van der Waals surface area (Å²) < 4.78 is 33.0. The summed E-state index contributed by atoms with van der Waals surface area (Å²) in [5.41, 5.74) is 4.02. The average Bonchev–Trinajstić information content (AvgIpc) is 3.07. The Morgan fingerprint density at radius 3 is 2.56 bits per heavy atom. The second kappa shape index (κ2) is 8.02. The number of aromatic nitrogens is 3. The van der Waals surface area contributed by atoms with E-state index in [1.165, 1.54) is 17.4 Å². The van der Waals surface area contributed by atoms with Gasteiger partial charge in [0.2, 0.25) is 0 Å². The van der Waals surface area contributed by atoms with E-state index in [2.05, 4.69) is 15.0 Å². The summed E-state index contributed by atoms with van der Waals surface area (Å²) in [6.45, 7) is 6.32. The van der Waals surface area contributed by atoms with Crippen molar-refractivity contribution in [2.24, 2.45) is 0 Å². The molecule has 2 aromatic heterocycles. The van der Waals surface area contributed by atoms with E-state index in [0.29, 0.717) is 21.8 Å². The lowest BCUT2D eigenvalue weighted by Crippen LogP contribution is -1.96. The molecule has 2 heterocycles. The van der Waals surface area contributed by atoms with E-state index in [-0.39, 0.29) is 5.52 Å². The van der Waals surface area contributed by atoms with Gasteiger partial charge >= 0.3 is 0 Å². The standard InChI is InChI=1S/C18H13F2N3OS.C2H6/c1-9-3-12(16-14(4-9)22-11(7-21-16)8-24-2)18-23-17-13(20)5-10(19)6-15(17)25-18;1-2/h3-7H,8H2,1-2H3;1-2H3. The van der Waals surface area contributed by atoms with Crippen molar-refractivity contribution < 1.29 is 13.5 Å². The van der Waals surface area contributed by atoms with Gasteiger partial charge in [0.05, 0.1) is 34.2 Å². The number of hydrogen-bond donors (Lipinski definition) is 0. The third-order valence-corrected chi connectivity index (χ3v) is 4.81. The van der Waals surface area contributed by atoms with Crippen LogP contribution in [0.5, 0.6) is 0 Å². The first-order valence-corrected chi connectivity index (χ1v) is 9.38. The van der Waals surface area contributed by atoms with Crippen LogP contribution in [0.3, 0.4) is 0 Å². The molecule has 0 radical (unpaired) electrons. The zero-order chi connectivity index (χ0) is 19.6. The maximum absolute atomic E-state index is 14.0. The molecule has 4 nitrogen and oxygen atoms in total. The SMILES string of the molecule is CC.COCc1cnc2c(-c3nc4c(F)cc(F)cc4s3)cc(C)cc2n1. The minimum atomic E-state index is -0.664. The van der Waals surface area contributed by atoms with Crippen molar-refractivity contribution in [1.82, 2.24) is 15.0 Å². The average molecular weight is 387 g/mol. The van der Waals surface area contributed by atoms with Gasteiger partial charge in [-0.15, -0.1) is 11.3 Å². The molecule has 0 fully saturated rings. The molecule has 27 heavy (non-hydrogen) atoms. The molecule has 4 rings (SSSR count). The van der Waals surface area contributed by atoms with Crippen LogP contribution in [0.4, 0.5) is 8.78 Å². The molecule has 140 valence electrons. The van der Waals surface area contributed by atoms with E-state index in [0.717, 1.165) is 28.4 Å². The van der Waals surface area contributed by atoms with Gasteiger partial charge < -0.3 is 4.74 Å². The fourth-order valence-electron chi connectivity index (χ4n) is 2.76. The Bertz CT molecular complexity index is 1110. The van der Waals surface area contributed by atoms with Crippen LogP contribution in [0.25, 0.3) is 31.8 Å². The molecule has 2 aromatic carbocycles. The Morgan fingerprint density at radius 1 is 1.04 bits per heavy atom. The third kappa shape index (κ3) is 3.79. The maximum Gasteiger partial charge on any atom is 0.153 e. The molecule has 0 spiro atoms. The van der Waals surface area contributed by atoms with E-state index >= 15 is 0 Å². The number of hydrogen-bond acceptors (Lipinski definition) is 5. The monoisotopic (exact) mass is 387 g/mol. The smallest absolute Gasteiger partial charge is 0.153 e. The molecule has 0 saturated carbocycles. The lowest BCUT2D eigenvalue weighted by molar-refractivity contribution is 0.181. The number of halogens is 2. The Kier molecular flexibility index (Phi) is 5.72. The summed E-state index contributed by atoms with van der Waals surface area (Å²) in [5.74, 6) is -1.28. The van der Waals surface area contributed by atoms with Crippen molar-refractivity contribution in [3.8, 4) is 10.6 Å². The zero-order valence-electron chi connectivity index (χ0n) is 15.5. The zero-order valence-corrected chi connectivity index (χ0v) is 16.3. The fourth-order valence-corrected chi connectivity index (χ4v) is 3.78. The number of thiazole rings is 1. The summed E-state index contributed by atoms with van der Waals surface area (Å²) in [5, 5.41) is 0.585.